The third-order valence-electron chi connectivity index (χ3n) is 3.68. The number of hydrogen-bond acceptors (Lipinski definition) is 4. The second kappa shape index (κ2) is 10.0. The number of aromatic nitrogens is 1. The van der Waals surface area contributed by atoms with E-state index in [2.05, 4.69) is 45.9 Å². The monoisotopic (exact) mass is 360 g/mol. The van der Waals surface area contributed by atoms with Gasteiger partial charge in [-0.1, -0.05) is 32.0 Å². The zero-order chi connectivity index (χ0) is 18.1. The molecule has 0 aliphatic rings. The first kappa shape index (κ1) is 19.2. The van der Waals surface area contributed by atoms with E-state index in [0.717, 1.165) is 35.9 Å². The van der Waals surface area contributed by atoms with Gasteiger partial charge in [-0.25, -0.2) is 4.98 Å². The number of hydrogen-bond donors (Lipinski definition) is 2. The molecule has 0 aliphatic carbocycles. The van der Waals surface area contributed by atoms with Gasteiger partial charge in [-0.2, -0.15) is 0 Å². The zero-order valence-electron chi connectivity index (χ0n) is 15.5. The van der Waals surface area contributed by atoms with Gasteiger partial charge in [-0.3, -0.25) is 4.99 Å². The van der Waals surface area contributed by atoms with Gasteiger partial charge in [0, 0.05) is 43.4 Å². The van der Waals surface area contributed by atoms with E-state index < -0.39 is 0 Å². The minimum Gasteiger partial charge on any atom is -0.494 e. The predicted molar refractivity (Wildman–Crippen MR) is 106 cm³/mol. The molecule has 0 amide bonds. The van der Waals surface area contributed by atoms with E-state index in [9.17, 15) is 0 Å². The maximum Gasteiger partial charge on any atom is 0.191 e. The lowest BCUT2D eigenvalue weighted by Crippen LogP contribution is -2.38. The number of aliphatic imine (C=N–C) groups is 1. The Kier molecular flexibility index (Phi) is 7.73. The first-order chi connectivity index (χ1) is 12.1. The molecule has 1 heterocycles. The van der Waals surface area contributed by atoms with Crippen LogP contribution in [0, 0.1) is 0 Å². The Hall–Kier alpha value is -2.08. The largest absolute Gasteiger partial charge is 0.494 e. The topological polar surface area (TPSA) is 58.5 Å². The van der Waals surface area contributed by atoms with E-state index in [1.807, 2.05) is 25.1 Å². The second-order valence-corrected chi connectivity index (χ2v) is 6.86. The number of benzene rings is 1. The van der Waals surface area contributed by atoms with E-state index in [4.69, 9.17) is 4.74 Å². The fourth-order valence-electron chi connectivity index (χ4n) is 2.36. The lowest BCUT2D eigenvalue weighted by Gasteiger charge is -2.14. The first-order valence-corrected chi connectivity index (χ1v) is 9.61. The molecule has 0 aliphatic heterocycles. The molecular formula is C19H28N4OS. The highest BCUT2D eigenvalue weighted by Crippen LogP contribution is 2.19. The molecule has 2 N–H and O–H groups in total. The molecule has 0 spiro atoms. The van der Waals surface area contributed by atoms with E-state index in [0.29, 0.717) is 19.1 Å². The number of guanidine groups is 1. The summed E-state index contributed by atoms with van der Waals surface area (Å²) in [6.07, 6.45) is 0.888. The molecule has 0 unspecified atom stereocenters. The molecule has 0 bridgehead atoms. The van der Waals surface area contributed by atoms with Gasteiger partial charge in [0.1, 0.15) is 5.75 Å². The van der Waals surface area contributed by atoms with Crippen molar-refractivity contribution in [1.29, 1.82) is 0 Å². The van der Waals surface area contributed by atoms with Gasteiger partial charge in [0.25, 0.3) is 0 Å². The maximum absolute atomic E-state index is 5.66. The normalized spacial score (nSPS) is 11.6. The Balaban J connectivity index is 1.81. The van der Waals surface area contributed by atoms with Crippen molar-refractivity contribution in [3.63, 3.8) is 0 Å². The summed E-state index contributed by atoms with van der Waals surface area (Å²) in [5.74, 6) is 2.19. The van der Waals surface area contributed by atoms with Crippen molar-refractivity contribution in [2.24, 2.45) is 4.99 Å². The third kappa shape index (κ3) is 6.05. The smallest absolute Gasteiger partial charge is 0.191 e. The van der Waals surface area contributed by atoms with Crippen molar-refractivity contribution >= 4 is 17.3 Å². The molecule has 25 heavy (non-hydrogen) atoms. The standard InChI is InChI=1S/C19H28N4OS/c1-5-24-17-9-7-6-8-15(17)12-22-19(20-4)21-11-10-16-13-25-18(23-16)14(2)3/h6-9,13-14H,5,10-12H2,1-4H3,(H2,20,21,22). The van der Waals surface area contributed by atoms with E-state index >= 15 is 0 Å². The summed E-state index contributed by atoms with van der Waals surface area (Å²) >= 11 is 1.74. The van der Waals surface area contributed by atoms with Crippen molar-refractivity contribution in [3.8, 4) is 5.75 Å². The highest BCUT2D eigenvalue weighted by atomic mass is 32.1. The summed E-state index contributed by atoms with van der Waals surface area (Å²) < 4.78 is 5.66. The number of nitrogens with zero attached hydrogens (tertiary/aromatic N) is 2. The molecule has 5 nitrogen and oxygen atoms in total. The van der Waals surface area contributed by atoms with Gasteiger partial charge in [0.2, 0.25) is 0 Å². The number of rotatable bonds is 8. The van der Waals surface area contributed by atoms with Crippen LogP contribution in [0.15, 0.2) is 34.6 Å². The van der Waals surface area contributed by atoms with E-state index in [-0.39, 0.29) is 0 Å². The quantitative estimate of drug-likeness (QED) is 0.558. The van der Waals surface area contributed by atoms with Crippen LogP contribution in [0.25, 0.3) is 0 Å². The maximum atomic E-state index is 5.66. The summed E-state index contributed by atoms with van der Waals surface area (Å²) in [7, 11) is 1.78. The summed E-state index contributed by atoms with van der Waals surface area (Å²) in [5.41, 5.74) is 2.26. The third-order valence-corrected chi connectivity index (χ3v) is 4.87. The molecule has 6 heteroatoms. The van der Waals surface area contributed by atoms with Crippen molar-refractivity contribution in [1.82, 2.24) is 15.6 Å². The zero-order valence-corrected chi connectivity index (χ0v) is 16.3. The lowest BCUT2D eigenvalue weighted by molar-refractivity contribution is 0.336. The molecule has 2 rings (SSSR count). The van der Waals surface area contributed by atoms with E-state index in [1.165, 1.54) is 5.01 Å². The van der Waals surface area contributed by atoms with E-state index in [1.54, 1.807) is 18.4 Å². The lowest BCUT2D eigenvalue weighted by atomic mass is 10.2. The number of nitrogens with one attached hydrogen (secondary N) is 2. The van der Waals surface area contributed by atoms with Crippen molar-refractivity contribution in [3.05, 3.63) is 45.9 Å². The number of thiazole rings is 1. The van der Waals surface area contributed by atoms with Crippen LogP contribution in [0.2, 0.25) is 0 Å². The summed E-state index contributed by atoms with van der Waals surface area (Å²) in [4.78, 5) is 8.94. The number of para-hydroxylation sites is 1. The average Bonchev–Trinajstić information content (AvgIpc) is 3.08. The van der Waals surface area contributed by atoms with Crippen LogP contribution in [-0.2, 0) is 13.0 Å². The van der Waals surface area contributed by atoms with Crippen molar-refractivity contribution < 1.29 is 4.74 Å². The van der Waals surface area contributed by atoms with Crippen LogP contribution in [0.1, 0.15) is 43.0 Å². The Morgan fingerprint density at radius 2 is 2.08 bits per heavy atom. The van der Waals surface area contributed by atoms with Gasteiger partial charge >= 0.3 is 0 Å². The van der Waals surface area contributed by atoms with Crippen LogP contribution < -0.4 is 15.4 Å². The molecule has 0 saturated carbocycles. The summed E-state index contributed by atoms with van der Waals surface area (Å²) in [6.45, 7) is 8.47. The predicted octanol–water partition coefficient (Wildman–Crippen LogP) is 3.57. The summed E-state index contributed by atoms with van der Waals surface area (Å²) in [6, 6.07) is 8.06. The first-order valence-electron chi connectivity index (χ1n) is 8.73. The highest BCUT2D eigenvalue weighted by molar-refractivity contribution is 7.09. The molecule has 136 valence electrons. The fraction of sp³-hybridized carbons (Fsp3) is 0.474. The molecule has 1 aromatic heterocycles. The minimum atomic E-state index is 0.492. The van der Waals surface area contributed by atoms with Gasteiger partial charge < -0.3 is 15.4 Å². The van der Waals surface area contributed by atoms with Gasteiger partial charge in [-0.05, 0) is 13.0 Å². The van der Waals surface area contributed by atoms with Crippen LogP contribution in [0.5, 0.6) is 5.75 Å². The number of ether oxygens (including phenoxy) is 1. The van der Waals surface area contributed by atoms with Crippen LogP contribution in [0.4, 0.5) is 0 Å². The van der Waals surface area contributed by atoms with Crippen LogP contribution >= 0.6 is 11.3 Å². The molecule has 0 saturated heterocycles. The Morgan fingerprint density at radius 1 is 1.28 bits per heavy atom. The molecule has 0 radical (unpaired) electrons. The average molecular weight is 361 g/mol. The van der Waals surface area contributed by atoms with Crippen LogP contribution in [0.3, 0.4) is 0 Å². The molecule has 0 fully saturated rings. The SMILES string of the molecule is CCOc1ccccc1CNC(=NC)NCCc1csc(C(C)C)n1. The van der Waals surface area contributed by atoms with Gasteiger partial charge in [0.15, 0.2) is 5.96 Å². The second-order valence-electron chi connectivity index (χ2n) is 5.98. The van der Waals surface area contributed by atoms with Gasteiger partial charge in [0.05, 0.1) is 17.3 Å². The van der Waals surface area contributed by atoms with Crippen LogP contribution in [-0.4, -0.2) is 31.1 Å². The minimum absolute atomic E-state index is 0.492. The van der Waals surface area contributed by atoms with Gasteiger partial charge in [-0.15, -0.1) is 11.3 Å². The molecule has 2 aromatic rings. The molecule has 0 atom stereocenters. The van der Waals surface area contributed by atoms with Crippen molar-refractivity contribution in [2.45, 2.75) is 39.7 Å². The molecule has 1 aromatic carbocycles. The Morgan fingerprint density at radius 3 is 2.76 bits per heavy atom. The Labute approximate surface area is 154 Å². The summed E-state index contributed by atoms with van der Waals surface area (Å²) in [5, 5.41) is 10.0. The van der Waals surface area contributed by atoms with Crippen molar-refractivity contribution in [2.75, 3.05) is 20.2 Å². The molecular weight excluding hydrogens is 332 g/mol. The Bertz CT molecular complexity index is 682. The highest BCUT2D eigenvalue weighted by Gasteiger charge is 2.07. The fourth-order valence-corrected chi connectivity index (χ4v) is 3.23.